The van der Waals surface area contributed by atoms with Gasteiger partial charge in [0, 0.05) is 33.6 Å². The van der Waals surface area contributed by atoms with Gasteiger partial charge < -0.3 is 10.2 Å². The van der Waals surface area contributed by atoms with Crippen molar-refractivity contribution < 1.29 is 18.0 Å². The summed E-state index contributed by atoms with van der Waals surface area (Å²) in [7, 11) is -4.36. The summed E-state index contributed by atoms with van der Waals surface area (Å²) in [5.41, 5.74) is 1.54. The second-order valence-electron chi connectivity index (χ2n) is 12.1. The third kappa shape index (κ3) is 9.64. The molecular weight excluding hydrogens is 700 g/mol. The predicted octanol–water partition coefficient (Wildman–Crippen LogP) is 8.36. The molecular formula is C35H35Cl4N3O4S. The number of benzene rings is 4. The highest BCUT2D eigenvalue weighted by atomic mass is 35.5. The average molecular weight is 736 g/mol. The highest BCUT2D eigenvalue weighted by Crippen LogP contribution is 2.34. The number of sulfonamides is 1. The molecule has 2 amide bonds. The van der Waals surface area contributed by atoms with Crippen molar-refractivity contribution >= 4 is 73.9 Å². The molecule has 0 saturated carbocycles. The molecule has 4 aromatic rings. The maximum atomic E-state index is 14.6. The fourth-order valence-corrected chi connectivity index (χ4v) is 7.20. The lowest BCUT2D eigenvalue weighted by Crippen LogP contribution is -2.56. The number of halogens is 4. The van der Waals surface area contributed by atoms with Crippen molar-refractivity contribution in [2.75, 3.05) is 10.8 Å². The number of hydrogen-bond acceptors (Lipinski definition) is 4. The average Bonchev–Trinajstić information content (AvgIpc) is 2.99. The lowest BCUT2D eigenvalue weighted by atomic mass is 10.0. The molecule has 7 nitrogen and oxygen atoms in total. The van der Waals surface area contributed by atoms with Gasteiger partial charge >= 0.3 is 0 Å². The van der Waals surface area contributed by atoms with E-state index in [2.05, 4.69) is 5.32 Å². The van der Waals surface area contributed by atoms with Crippen LogP contribution < -0.4 is 9.62 Å². The number of rotatable bonds is 11. The molecule has 1 atom stereocenters. The lowest BCUT2D eigenvalue weighted by Gasteiger charge is -2.35. The molecule has 0 fully saturated rings. The molecule has 0 aliphatic heterocycles. The number of nitrogens with one attached hydrogen (secondary N) is 1. The zero-order valence-corrected chi connectivity index (χ0v) is 30.1. The molecule has 4 rings (SSSR count). The first-order valence-corrected chi connectivity index (χ1v) is 17.6. The first-order chi connectivity index (χ1) is 22.0. The van der Waals surface area contributed by atoms with Crippen LogP contribution in [0.25, 0.3) is 0 Å². The van der Waals surface area contributed by atoms with Crippen LogP contribution in [-0.2, 0) is 32.6 Å². The van der Waals surface area contributed by atoms with Gasteiger partial charge in [-0.1, -0.05) is 100 Å². The van der Waals surface area contributed by atoms with Gasteiger partial charge in [-0.2, -0.15) is 0 Å². The van der Waals surface area contributed by atoms with Crippen LogP contribution in [0, 0.1) is 6.92 Å². The van der Waals surface area contributed by atoms with Crippen molar-refractivity contribution in [3.05, 3.63) is 128 Å². The SMILES string of the molecule is Cc1ccc(S(=O)(=O)N(CC(=O)N(Cc2ccc(Cl)cc2Cl)[C@@H](Cc2ccccc2)C(=O)NC(C)(C)C)c2cc(Cl)ccc2Cl)cc1. The van der Waals surface area contributed by atoms with E-state index in [1.165, 1.54) is 35.2 Å². The molecule has 0 aliphatic rings. The molecule has 0 bridgehead atoms. The van der Waals surface area contributed by atoms with E-state index in [0.29, 0.717) is 10.6 Å². The van der Waals surface area contributed by atoms with E-state index in [9.17, 15) is 18.0 Å². The van der Waals surface area contributed by atoms with Crippen molar-refractivity contribution in [3.63, 3.8) is 0 Å². The molecule has 0 unspecified atom stereocenters. The molecule has 0 aliphatic carbocycles. The van der Waals surface area contributed by atoms with Gasteiger partial charge in [-0.05, 0) is 81.3 Å². The highest BCUT2D eigenvalue weighted by molar-refractivity contribution is 7.92. The molecule has 0 heterocycles. The van der Waals surface area contributed by atoms with Gasteiger partial charge in [0.2, 0.25) is 11.8 Å². The first kappa shape index (κ1) is 36.6. The Bertz CT molecular complexity index is 1850. The standard InChI is InChI=1S/C35H35Cl4N3O4S/c1-23-10-15-28(16-11-23)47(45,46)42(31-20-27(37)14-17-29(31)38)22-33(43)41(21-25-12-13-26(36)19-30(25)39)32(34(44)40-35(2,3)4)18-24-8-6-5-7-9-24/h5-17,19-20,32H,18,21-22H2,1-4H3,(H,40,44)/t32-/m0/s1. The fraction of sp³-hybridized carbons (Fsp3) is 0.257. The largest absolute Gasteiger partial charge is 0.350 e. The summed E-state index contributed by atoms with van der Waals surface area (Å²) in [6, 6.07) is 23.6. The van der Waals surface area contributed by atoms with Crippen LogP contribution in [0.4, 0.5) is 5.69 Å². The molecule has 0 saturated heterocycles. The smallest absolute Gasteiger partial charge is 0.264 e. The summed E-state index contributed by atoms with van der Waals surface area (Å²) >= 11 is 25.6. The fourth-order valence-electron chi connectivity index (χ4n) is 4.87. The van der Waals surface area contributed by atoms with Crippen LogP contribution in [0.5, 0.6) is 0 Å². The van der Waals surface area contributed by atoms with Gasteiger partial charge in [-0.25, -0.2) is 8.42 Å². The number of amides is 2. The van der Waals surface area contributed by atoms with Crippen LogP contribution in [0.15, 0.2) is 95.9 Å². The van der Waals surface area contributed by atoms with Gasteiger partial charge in [0.05, 0.1) is 15.6 Å². The Hall–Kier alpha value is -3.27. The Morgan fingerprint density at radius 2 is 1.43 bits per heavy atom. The quantitative estimate of drug-likeness (QED) is 0.168. The molecule has 47 heavy (non-hydrogen) atoms. The monoisotopic (exact) mass is 733 g/mol. The Balaban J connectivity index is 1.87. The van der Waals surface area contributed by atoms with Crippen molar-refractivity contribution in [3.8, 4) is 0 Å². The Morgan fingerprint density at radius 3 is 2.04 bits per heavy atom. The molecule has 248 valence electrons. The number of anilines is 1. The van der Waals surface area contributed by atoms with Gasteiger partial charge in [0.25, 0.3) is 10.0 Å². The topological polar surface area (TPSA) is 86.8 Å². The van der Waals surface area contributed by atoms with Crippen LogP contribution in [0.1, 0.15) is 37.5 Å². The van der Waals surface area contributed by atoms with E-state index in [1.54, 1.807) is 30.3 Å². The first-order valence-electron chi connectivity index (χ1n) is 14.7. The van der Waals surface area contributed by atoms with Crippen molar-refractivity contribution in [2.24, 2.45) is 0 Å². The summed E-state index contributed by atoms with van der Waals surface area (Å²) in [4.78, 5) is 29.9. The third-order valence-electron chi connectivity index (χ3n) is 7.19. The molecule has 4 aromatic carbocycles. The van der Waals surface area contributed by atoms with Crippen molar-refractivity contribution in [1.82, 2.24) is 10.2 Å². The van der Waals surface area contributed by atoms with Crippen LogP contribution in [0.2, 0.25) is 20.1 Å². The summed E-state index contributed by atoms with van der Waals surface area (Å²) < 4.78 is 29.4. The van der Waals surface area contributed by atoms with Crippen LogP contribution in [-0.4, -0.2) is 43.3 Å². The molecule has 0 aromatic heterocycles. The van der Waals surface area contributed by atoms with E-state index in [0.717, 1.165) is 15.4 Å². The van der Waals surface area contributed by atoms with E-state index < -0.39 is 40.0 Å². The zero-order chi connectivity index (χ0) is 34.5. The third-order valence-corrected chi connectivity index (χ3v) is 10.1. The summed E-state index contributed by atoms with van der Waals surface area (Å²) in [5, 5.41) is 3.96. The molecule has 0 radical (unpaired) electrons. The number of hydrogen-bond donors (Lipinski definition) is 1. The minimum atomic E-state index is -4.36. The van der Waals surface area contributed by atoms with E-state index in [1.807, 2.05) is 58.0 Å². The molecule has 0 spiro atoms. The normalized spacial score (nSPS) is 12.3. The molecule has 12 heteroatoms. The number of nitrogens with zero attached hydrogens (tertiary/aromatic N) is 2. The summed E-state index contributed by atoms with van der Waals surface area (Å²) in [6.07, 6.45) is 0.141. The summed E-state index contributed by atoms with van der Waals surface area (Å²) in [6.45, 7) is 6.53. The van der Waals surface area contributed by atoms with Gasteiger partial charge in [0.1, 0.15) is 12.6 Å². The second kappa shape index (κ2) is 15.3. The molecule has 1 N–H and O–H groups in total. The Kier molecular flexibility index (Phi) is 11.9. The Morgan fingerprint density at radius 1 is 0.809 bits per heavy atom. The highest BCUT2D eigenvalue weighted by Gasteiger charge is 2.36. The number of aryl methyl sites for hydroxylation is 1. The minimum Gasteiger partial charge on any atom is -0.350 e. The predicted molar refractivity (Wildman–Crippen MR) is 191 cm³/mol. The minimum absolute atomic E-state index is 0.0105. The van der Waals surface area contributed by atoms with Crippen LogP contribution in [0.3, 0.4) is 0 Å². The maximum absolute atomic E-state index is 14.6. The second-order valence-corrected chi connectivity index (χ2v) is 15.7. The number of carbonyl (C=O) groups excluding carboxylic acids is 2. The van der Waals surface area contributed by atoms with Gasteiger partial charge in [0.15, 0.2) is 0 Å². The van der Waals surface area contributed by atoms with Gasteiger partial charge in [-0.3, -0.25) is 13.9 Å². The lowest BCUT2D eigenvalue weighted by molar-refractivity contribution is -0.140. The summed E-state index contributed by atoms with van der Waals surface area (Å²) in [5.74, 6) is -1.10. The Labute approximate surface area is 296 Å². The zero-order valence-electron chi connectivity index (χ0n) is 26.3. The maximum Gasteiger partial charge on any atom is 0.264 e. The number of carbonyl (C=O) groups is 2. The van der Waals surface area contributed by atoms with E-state index in [-0.39, 0.29) is 38.6 Å². The van der Waals surface area contributed by atoms with Gasteiger partial charge in [-0.15, -0.1) is 0 Å². The van der Waals surface area contributed by atoms with Crippen molar-refractivity contribution in [1.29, 1.82) is 0 Å². The van der Waals surface area contributed by atoms with E-state index >= 15 is 0 Å². The van der Waals surface area contributed by atoms with E-state index in [4.69, 9.17) is 46.4 Å². The van der Waals surface area contributed by atoms with Crippen LogP contribution >= 0.6 is 46.4 Å². The van der Waals surface area contributed by atoms with Crippen molar-refractivity contribution in [2.45, 2.75) is 57.1 Å².